The van der Waals surface area contributed by atoms with Crippen LogP contribution in [0.5, 0.6) is 0 Å². The molecule has 8 heavy (non-hydrogen) atoms. The van der Waals surface area contributed by atoms with Gasteiger partial charge < -0.3 is 4.74 Å². The van der Waals surface area contributed by atoms with E-state index in [0.29, 0.717) is 6.47 Å². The summed E-state index contributed by atoms with van der Waals surface area (Å²) in [5.41, 5.74) is 7.68. The van der Waals surface area contributed by atoms with E-state index in [4.69, 9.17) is 5.53 Å². The topological polar surface area (TPSA) is 75.1 Å². The van der Waals surface area contributed by atoms with Crippen molar-refractivity contribution in [2.45, 2.75) is 0 Å². The molecule has 0 amide bonds. The minimum atomic E-state index is 0.160. The van der Waals surface area contributed by atoms with E-state index in [9.17, 15) is 4.79 Å². The normalized spacial score (nSPS) is 7.00. The van der Waals surface area contributed by atoms with Crippen molar-refractivity contribution in [1.82, 2.24) is 0 Å². The van der Waals surface area contributed by atoms with Crippen molar-refractivity contribution in [2.75, 3.05) is 13.2 Å². The van der Waals surface area contributed by atoms with Crippen LogP contribution in [0.15, 0.2) is 5.11 Å². The van der Waals surface area contributed by atoms with Gasteiger partial charge in [-0.25, -0.2) is 0 Å². The smallest absolute Gasteiger partial charge is 0.293 e. The Morgan fingerprint density at radius 1 is 1.88 bits per heavy atom. The highest BCUT2D eigenvalue weighted by atomic mass is 16.5. The van der Waals surface area contributed by atoms with Crippen LogP contribution in [0.25, 0.3) is 10.4 Å². The zero-order valence-electron chi connectivity index (χ0n) is 4.15. The highest BCUT2D eigenvalue weighted by Crippen LogP contribution is 1.70. The lowest BCUT2D eigenvalue weighted by molar-refractivity contribution is -0.128. The number of ether oxygens (including phenoxy) is 1. The molecular weight excluding hydrogens is 110 g/mol. The molecule has 0 saturated heterocycles. The summed E-state index contributed by atoms with van der Waals surface area (Å²) in [6.45, 7) is 0.676. The molecular formula is C3H5N3O2. The molecule has 0 aromatic rings. The van der Waals surface area contributed by atoms with Gasteiger partial charge in [-0.2, -0.15) is 0 Å². The number of hydrogen-bond donors (Lipinski definition) is 0. The van der Waals surface area contributed by atoms with Gasteiger partial charge in [0.1, 0.15) is 0 Å². The number of rotatable bonds is 4. The first-order valence-electron chi connectivity index (χ1n) is 1.98. The number of azide groups is 1. The standard InChI is InChI=1S/C3H5N3O2/c4-6-5-1-2-8-3-7/h3H,1-2H2. The van der Waals surface area contributed by atoms with E-state index in [1.165, 1.54) is 0 Å². The second-order valence-electron chi connectivity index (χ2n) is 0.921. The molecule has 0 aromatic heterocycles. The third-order valence-corrected chi connectivity index (χ3v) is 0.440. The van der Waals surface area contributed by atoms with Gasteiger partial charge in [-0.05, 0) is 5.53 Å². The van der Waals surface area contributed by atoms with Crippen LogP contribution < -0.4 is 0 Å². The molecule has 0 aliphatic rings. The largest absolute Gasteiger partial charge is 0.468 e. The molecule has 0 aliphatic heterocycles. The SMILES string of the molecule is [N-]=[N+]=NCCOC=O. The van der Waals surface area contributed by atoms with Crippen LogP contribution in [-0.4, -0.2) is 19.6 Å². The lowest BCUT2D eigenvalue weighted by Crippen LogP contribution is -1.93. The molecule has 0 heterocycles. The Balaban J connectivity index is 2.93. The average molecular weight is 115 g/mol. The van der Waals surface area contributed by atoms with Gasteiger partial charge in [0.25, 0.3) is 6.47 Å². The molecule has 0 spiro atoms. The average Bonchev–Trinajstić information content (AvgIpc) is 1.81. The van der Waals surface area contributed by atoms with E-state index in [-0.39, 0.29) is 13.2 Å². The molecule has 0 rings (SSSR count). The first-order valence-corrected chi connectivity index (χ1v) is 1.98. The van der Waals surface area contributed by atoms with Crippen LogP contribution in [-0.2, 0) is 9.53 Å². The molecule has 5 nitrogen and oxygen atoms in total. The van der Waals surface area contributed by atoms with E-state index in [1.807, 2.05) is 0 Å². The summed E-state index contributed by atoms with van der Waals surface area (Å²) >= 11 is 0. The summed E-state index contributed by atoms with van der Waals surface area (Å²) in [5, 5.41) is 3.11. The molecule has 0 aromatic carbocycles. The van der Waals surface area contributed by atoms with Crippen LogP contribution in [0.1, 0.15) is 0 Å². The second-order valence-corrected chi connectivity index (χ2v) is 0.921. The minimum Gasteiger partial charge on any atom is -0.468 e. The van der Waals surface area contributed by atoms with Crippen LogP contribution in [0.3, 0.4) is 0 Å². The van der Waals surface area contributed by atoms with E-state index >= 15 is 0 Å². The van der Waals surface area contributed by atoms with Crippen molar-refractivity contribution in [3.05, 3.63) is 10.4 Å². The van der Waals surface area contributed by atoms with Crippen molar-refractivity contribution in [2.24, 2.45) is 5.11 Å². The molecule has 0 unspecified atom stereocenters. The van der Waals surface area contributed by atoms with Gasteiger partial charge in [0.2, 0.25) is 0 Å². The van der Waals surface area contributed by atoms with Gasteiger partial charge in [0.05, 0.1) is 13.2 Å². The summed E-state index contributed by atoms with van der Waals surface area (Å²) < 4.78 is 4.19. The van der Waals surface area contributed by atoms with Crippen molar-refractivity contribution in [3.8, 4) is 0 Å². The Morgan fingerprint density at radius 2 is 2.62 bits per heavy atom. The molecule has 5 heteroatoms. The van der Waals surface area contributed by atoms with Gasteiger partial charge in [-0.1, -0.05) is 5.11 Å². The Labute approximate surface area is 45.9 Å². The summed E-state index contributed by atoms with van der Waals surface area (Å²) in [4.78, 5) is 11.8. The van der Waals surface area contributed by atoms with Gasteiger partial charge >= 0.3 is 0 Å². The fourth-order valence-corrected chi connectivity index (χ4v) is 0.186. The van der Waals surface area contributed by atoms with Crippen LogP contribution in [0.4, 0.5) is 0 Å². The molecule has 0 fully saturated rings. The highest BCUT2D eigenvalue weighted by Gasteiger charge is 1.77. The summed E-state index contributed by atoms with van der Waals surface area (Å²) in [6, 6.07) is 0. The number of hydrogen-bond acceptors (Lipinski definition) is 3. The first-order chi connectivity index (χ1) is 3.91. The molecule has 0 radical (unpaired) electrons. The lowest BCUT2D eigenvalue weighted by atomic mass is 10.7. The maximum Gasteiger partial charge on any atom is 0.293 e. The summed E-state index contributed by atoms with van der Waals surface area (Å²) in [6.07, 6.45) is 0. The molecule has 44 valence electrons. The van der Waals surface area contributed by atoms with Crippen LogP contribution in [0, 0.1) is 0 Å². The van der Waals surface area contributed by atoms with E-state index < -0.39 is 0 Å². The maximum atomic E-state index is 9.41. The van der Waals surface area contributed by atoms with Gasteiger partial charge in [0, 0.05) is 4.91 Å². The van der Waals surface area contributed by atoms with Crippen LogP contribution >= 0.6 is 0 Å². The predicted molar refractivity (Wildman–Crippen MR) is 26.0 cm³/mol. The maximum absolute atomic E-state index is 9.41. The van der Waals surface area contributed by atoms with E-state index in [2.05, 4.69) is 14.8 Å². The Bertz CT molecular complexity index is 107. The predicted octanol–water partition coefficient (Wildman–Crippen LogP) is 0.470. The molecule has 0 aliphatic carbocycles. The summed E-state index contributed by atoms with van der Waals surface area (Å²) in [5.74, 6) is 0. The monoisotopic (exact) mass is 115 g/mol. The molecule has 0 bridgehead atoms. The minimum absolute atomic E-state index is 0.160. The first kappa shape index (κ1) is 6.78. The highest BCUT2D eigenvalue weighted by molar-refractivity contribution is 5.36. The van der Waals surface area contributed by atoms with Gasteiger partial charge in [-0.15, -0.1) is 0 Å². The zero-order valence-corrected chi connectivity index (χ0v) is 4.15. The van der Waals surface area contributed by atoms with Crippen molar-refractivity contribution < 1.29 is 9.53 Å². The van der Waals surface area contributed by atoms with Crippen molar-refractivity contribution >= 4 is 6.47 Å². The quantitative estimate of drug-likeness (QED) is 0.175. The Morgan fingerprint density at radius 3 is 3.12 bits per heavy atom. The fraction of sp³-hybridized carbons (Fsp3) is 0.667. The zero-order chi connectivity index (χ0) is 6.24. The fourth-order valence-electron chi connectivity index (χ4n) is 0.186. The van der Waals surface area contributed by atoms with E-state index in [0.717, 1.165) is 0 Å². The molecule has 0 atom stereocenters. The van der Waals surface area contributed by atoms with Gasteiger partial charge in [0.15, 0.2) is 0 Å². The second kappa shape index (κ2) is 5.78. The summed E-state index contributed by atoms with van der Waals surface area (Å²) in [7, 11) is 0. The number of nitrogens with zero attached hydrogens (tertiary/aromatic N) is 3. The number of carbonyl (C=O) groups is 1. The third kappa shape index (κ3) is 4.78. The molecule has 0 saturated carbocycles. The Hall–Kier alpha value is -1.22. The lowest BCUT2D eigenvalue weighted by Gasteiger charge is -1.87. The van der Waals surface area contributed by atoms with Gasteiger partial charge in [-0.3, -0.25) is 4.79 Å². The third-order valence-electron chi connectivity index (χ3n) is 0.440. The molecule has 0 N–H and O–H groups in total. The van der Waals surface area contributed by atoms with E-state index in [1.54, 1.807) is 0 Å². The van der Waals surface area contributed by atoms with Crippen molar-refractivity contribution in [1.29, 1.82) is 0 Å². The Kier molecular flexibility index (Phi) is 4.90. The number of carbonyl (C=O) groups excluding carboxylic acids is 1. The van der Waals surface area contributed by atoms with Crippen LogP contribution in [0.2, 0.25) is 0 Å². The van der Waals surface area contributed by atoms with Crippen molar-refractivity contribution in [3.63, 3.8) is 0 Å².